The normalized spacial score (nSPS) is 11.7. The van der Waals surface area contributed by atoms with Gasteiger partial charge in [0.25, 0.3) is 0 Å². The van der Waals surface area contributed by atoms with Crippen LogP contribution in [0, 0.1) is 0 Å². The van der Waals surface area contributed by atoms with Crippen LogP contribution in [0.4, 0.5) is 0 Å². The number of nitrogens with zero attached hydrogens (tertiary/aromatic N) is 2. The number of ether oxygens (including phenoxy) is 1. The van der Waals surface area contributed by atoms with Crippen LogP contribution in [-0.2, 0) is 6.54 Å². The average molecular weight is 292 g/mol. The van der Waals surface area contributed by atoms with E-state index < -0.39 is 0 Å². The van der Waals surface area contributed by atoms with Crippen molar-refractivity contribution in [3.05, 3.63) is 29.8 Å². The second kappa shape index (κ2) is 10.0. The minimum atomic E-state index is 0.502. The topological polar surface area (TPSA) is 62.9 Å². The van der Waals surface area contributed by atoms with Crippen molar-refractivity contribution in [1.29, 1.82) is 0 Å². The average Bonchev–Trinajstić information content (AvgIpc) is 2.45. The van der Waals surface area contributed by atoms with Gasteiger partial charge in [0.15, 0.2) is 5.96 Å². The molecule has 0 heterocycles. The molecule has 0 aliphatic heterocycles. The fourth-order valence-corrected chi connectivity index (χ4v) is 1.71. The van der Waals surface area contributed by atoms with Gasteiger partial charge in [-0.3, -0.25) is 0 Å². The SMILES string of the molecule is CCCCNC(N)=NCc1cccc(OCCN(C)C)c1. The smallest absolute Gasteiger partial charge is 0.188 e. The van der Waals surface area contributed by atoms with Gasteiger partial charge in [0.05, 0.1) is 6.54 Å². The van der Waals surface area contributed by atoms with Gasteiger partial charge in [-0.25, -0.2) is 4.99 Å². The zero-order chi connectivity index (χ0) is 15.5. The summed E-state index contributed by atoms with van der Waals surface area (Å²) in [6.07, 6.45) is 2.25. The molecule has 1 aromatic rings. The first-order valence-corrected chi connectivity index (χ1v) is 7.52. The Morgan fingerprint density at radius 3 is 2.90 bits per heavy atom. The molecule has 0 amide bonds. The molecule has 0 atom stereocenters. The van der Waals surface area contributed by atoms with E-state index in [0.717, 1.165) is 37.2 Å². The molecule has 0 radical (unpaired) electrons. The molecular formula is C16H28N4O. The van der Waals surface area contributed by atoms with Crippen LogP contribution in [0.5, 0.6) is 5.75 Å². The predicted octanol–water partition coefficient (Wildman–Crippen LogP) is 1.83. The number of hydrogen-bond donors (Lipinski definition) is 2. The zero-order valence-corrected chi connectivity index (χ0v) is 13.4. The third-order valence-electron chi connectivity index (χ3n) is 2.97. The lowest BCUT2D eigenvalue weighted by molar-refractivity contribution is 0.261. The second-order valence-electron chi connectivity index (χ2n) is 5.28. The molecule has 5 nitrogen and oxygen atoms in total. The summed E-state index contributed by atoms with van der Waals surface area (Å²) < 4.78 is 5.71. The minimum Gasteiger partial charge on any atom is -0.492 e. The van der Waals surface area contributed by atoms with E-state index in [9.17, 15) is 0 Å². The van der Waals surface area contributed by atoms with Crippen LogP contribution in [0.15, 0.2) is 29.3 Å². The van der Waals surface area contributed by atoms with Crippen molar-refractivity contribution in [1.82, 2.24) is 10.2 Å². The first-order chi connectivity index (χ1) is 10.1. The molecule has 21 heavy (non-hydrogen) atoms. The van der Waals surface area contributed by atoms with E-state index in [2.05, 4.69) is 22.1 Å². The van der Waals surface area contributed by atoms with E-state index >= 15 is 0 Å². The van der Waals surface area contributed by atoms with Crippen molar-refractivity contribution in [2.75, 3.05) is 33.8 Å². The maximum atomic E-state index is 5.82. The lowest BCUT2D eigenvalue weighted by Gasteiger charge is -2.11. The lowest BCUT2D eigenvalue weighted by Crippen LogP contribution is -2.32. The molecule has 0 aromatic heterocycles. The van der Waals surface area contributed by atoms with Crippen molar-refractivity contribution in [3.8, 4) is 5.75 Å². The number of aliphatic imine (C=N–C) groups is 1. The van der Waals surface area contributed by atoms with Crippen LogP contribution in [-0.4, -0.2) is 44.7 Å². The Labute approximate surface area is 128 Å². The first-order valence-electron chi connectivity index (χ1n) is 7.52. The van der Waals surface area contributed by atoms with E-state index in [-0.39, 0.29) is 0 Å². The Bertz CT molecular complexity index is 432. The summed E-state index contributed by atoms with van der Waals surface area (Å²) >= 11 is 0. The highest BCUT2D eigenvalue weighted by molar-refractivity contribution is 5.77. The number of hydrogen-bond acceptors (Lipinski definition) is 3. The Morgan fingerprint density at radius 2 is 2.19 bits per heavy atom. The van der Waals surface area contributed by atoms with Crippen LogP contribution >= 0.6 is 0 Å². The highest BCUT2D eigenvalue weighted by atomic mass is 16.5. The molecule has 0 unspecified atom stereocenters. The van der Waals surface area contributed by atoms with Gasteiger partial charge < -0.3 is 20.7 Å². The Kier molecular flexibility index (Phi) is 8.28. The molecule has 0 aliphatic carbocycles. The van der Waals surface area contributed by atoms with Crippen molar-refractivity contribution >= 4 is 5.96 Å². The molecule has 0 saturated heterocycles. The first kappa shape index (κ1) is 17.3. The van der Waals surface area contributed by atoms with E-state index in [1.54, 1.807) is 0 Å². The second-order valence-corrected chi connectivity index (χ2v) is 5.28. The van der Waals surface area contributed by atoms with Crippen LogP contribution in [0.25, 0.3) is 0 Å². The van der Waals surface area contributed by atoms with Crippen LogP contribution in [0.2, 0.25) is 0 Å². The van der Waals surface area contributed by atoms with Crippen LogP contribution < -0.4 is 15.8 Å². The predicted molar refractivity (Wildman–Crippen MR) is 88.7 cm³/mol. The van der Waals surface area contributed by atoms with E-state index in [1.807, 2.05) is 38.4 Å². The highest BCUT2D eigenvalue weighted by Crippen LogP contribution is 2.14. The maximum Gasteiger partial charge on any atom is 0.188 e. The number of benzene rings is 1. The Balaban J connectivity index is 2.42. The van der Waals surface area contributed by atoms with Crippen molar-refractivity contribution in [3.63, 3.8) is 0 Å². The summed E-state index contributed by atoms with van der Waals surface area (Å²) in [5.74, 6) is 1.38. The summed E-state index contributed by atoms with van der Waals surface area (Å²) in [5, 5.41) is 3.11. The monoisotopic (exact) mass is 292 g/mol. The van der Waals surface area contributed by atoms with Gasteiger partial charge in [-0.2, -0.15) is 0 Å². The molecule has 0 saturated carbocycles. The number of unbranched alkanes of at least 4 members (excludes halogenated alkanes) is 1. The standard InChI is InChI=1S/C16H28N4O/c1-4-5-9-18-16(17)19-13-14-7-6-8-15(12-14)21-11-10-20(2)3/h6-8,12H,4-5,9-11,13H2,1-3H3,(H3,17,18,19). The molecule has 0 spiro atoms. The summed E-state index contributed by atoms with van der Waals surface area (Å²) in [5.41, 5.74) is 6.91. The molecular weight excluding hydrogens is 264 g/mol. The largest absolute Gasteiger partial charge is 0.492 e. The van der Waals surface area contributed by atoms with E-state index in [0.29, 0.717) is 19.1 Å². The van der Waals surface area contributed by atoms with Gasteiger partial charge in [0.1, 0.15) is 12.4 Å². The van der Waals surface area contributed by atoms with Crippen molar-refractivity contribution in [2.24, 2.45) is 10.7 Å². The quantitative estimate of drug-likeness (QED) is 0.414. The van der Waals surface area contributed by atoms with Crippen LogP contribution in [0.3, 0.4) is 0 Å². The fourth-order valence-electron chi connectivity index (χ4n) is 1.71. The number of guanidine groups is 1. The lowest BCUT2D eigenvalue weighted by atomic mass is 10.2. The van der Waals surface area contributed by atoms with Crippen LogP contribution in [0.1, 0.15) is 25.3 Å². The molecule has 118 valence electrons. The molecule has 5 heteroatoms. The molecule has 1 aromatic carbocycles. The maximum absolute atomic E-state index is 5.82. The Morgan fingerprint density at radius 1 is 1.38 bits per heavy atom. The van der Waals surface area contributed by atoms with Crippen molar-refractivity contribution in [2.45, 2.75) is 26.3 Å². The van der Waals surface area contributed by atoms with Gasteiger partial charge in [0.2, 0.25) is 0 Å². The summed E-state index contributed by atoms with van der Waals surface area (Å²) in [6.45, 7) is 5.17. The number of rotatable bonds is 9. The van der Waals surface area contributed by atoms with E-state index in [1.165, 1.54) is 0 Å². The minimum absolute atomic E-state index is 0.502. The molecule has 0 aliphatic rings. The third-order valence-corrected chi connectivity index (χ3v) is 2.97. The number of nitrogens with one attached hydrogen (secondary N) is 1. The van der Waals surface area contributed by atoms with Gasteiger partial charge in [0, 0.05) is 13.1 Å². The number of likely N-dealkylation sites (N-methyl/N-ethyl adjacent to an activating group) is 1. The zero-order valence-electron chi connectivity index (χ0n) is 13.4. The molecule has 1 rings (SSSR count). The van der Waals surface area contributed by atoms with Gasteiger partial charge >= 0.3 is 0 Å². The summed E-state index contributed by atoms with van der Waals surface area (Å²) in [7, 11) is 4.06. The fraction of sp³-hybridized carbons (Fsp3) is 0.562. The number of nitrogens with two attached hydrogens (primary N) is 1. The molecule has 3 N–H and O–H groups in total. The Hall–Kier alpha value is -1.75. The van der Waals surface area contributed by atoms with E-state index in [4.69, 9.17) is 10.5 Å². The van der Waals surface area contributed by atoms with Gasteiger partial charge in [-0.1, -0.05) is 25.5 Å². The van der Waals surface area contributed by atoms with Gasteiger partial charge in [-0.05, 0) is 38.2 Å². The van der Waals surface area contributed by atoms with Gasteiger partial charge in [-0.15, -0.1) is 0 Å². The third kappa shape index (κ3) is 8.19. The molecule has 0 bridgehead atoms. The molecule has 0 fully saturated rings. The highest BCUT2D eigenvalue weighted by Gasteiger charge is 1.98. The van der Waals surface area contributed by atoms with Crippen molar-refractivity contribution < 1.29 is 4.74 Å². The summed E-state index contributed by atoms with van der Waals surface area (Å²) in [4.78, 5) is 6.43. The summed E-state index contributed by atoms with van der Waals surface area (Å²) in [6, 6.07) is 7.99.